The first-order valence-electron chi connectivity index (χ1n) is 4.27. The fraction of sp³-hybridized carbons (Fsp3) is 0.375. The zero-order valence-corrected chi connectivity index (χ0v) is 8.15. The molecule has 0 saturated carbocycles. The zero-order chi connectivity index (χ0) is 10.1. The minimum Gasteiger partial charge on any atom is -0.368 e. The number of hydrogen-bond acceptors (Lipinski definition) is 5. The highest BCUT2D eigenvalue weighted by atomic mass is 15.1. The first kappa shape index (κ1) is 8.89. The van der Waals surface area contributed by atoms with E-state index >= 15 is 0 Å². The van der Waals surface area contributed by atoms with E-state index in [4.69, 9.17) is 5.73 Å². The van der Waals surface area contributed by atoms with Gasteiger partial charge in [0.05, 0.1) is 12.0 Å². The third-order valence-corrected chi connectivity index (χ3v) is 1.84. The smallest absolute Gasteiger partial charge is 0.222 e. The van der Waals surface area contributed by atoms with Crippen molar-refractivity contribution in [2.24, 2.45) is 0 Å². The fourth-order valence-electron chi connectivity index (χ4n) is 1.33. The molecule has 14 heavy (non-hydrogen) atoms. The molecule has 0 saturated heterocycles. The predicted octanol–water partition coefficient (Wildman–Crippen LogP) is -0.00330. The van der Waals surface area contributed by atoms with E-state index in [9.17, 15) is 0 Å². The quantitative estimate of drug-likeness (QED) is 0.699. The molecule has 0 amide bonds. The Hall–Kier alpha value is -1.69. The molecule has 0 aromatic carbocycles. The number of imidazole rings is 1. The summed E-state index contributed by atoms with van der Waals surface area (Å²) in [6, 6.07) is 0. The third kappa shape index (κ3) is 1.51. The number of nitrogen functional groups attached to an aromatic ring is 1. The van der Waals surface area contributed by atoms with Gasteiger partial charge in [0.1, 0.15) is 5.52 Å². The molecule has 0 aliphatic rings. The number of nitrogens with zero attached hydrogens (tertiary/aromatic N) is 4. The monoisotopic (exact) mass is 192 g/mol. The molecule has 0 unspecified atom stereocenters. The van der Waals surface area contributed by atoms with Crippen LogP contribution in [0.15, 0.2) is 6.33 Å². The van der Waals surface area contributed by atoms with Crippen LogP contribution >= 0.6 is 0 Å². The molecule has 0 fully saturated rings. The first-order chi connectivity index (χ1) is 6.66. The lowest BCUT2D eigenvalue weighted by Crippen LogP contribution is -2.13. The Labute approximate surface area is 81.2 Å². The average Bonchev–Trinajstić information content (AvgIpc) is 2.50. The molecule has 0 spiro atoms. The number of nitrogens with one attached hydrogen (secondary N) is 1. The van der Waals surface area contributed by atoms with Crippen molar-refractivity contribution in [3.8, 4) is 0 Å². The van der Waals surface area contributed by atoms with Crippen LogP contribution in [-0.4, -0.2) is 38.9 Å². The summed E-state index contributed by atoms with van der Waals surface area (Å²) in [5.74, 6) is 0.265. The molecule has 3 N–H and O–H groups in total. The van der Waals surface area contributed by atoms with Crippen molar-refractivity contribution >= 4 is 17.1 Å². The van der Waals surface area contributed by atoms with Crippen molar-refractivity contribution in [3.05, 3.63) is 12.0 Å². The number of rotatable bonds is 2. The van der Waals surface area contributed by atoms with Gasteiger partial charge in [-0.25, -0.2) is 9.97 Å². The second kappa shape index (κ2) is 3.22. The lowest BCUT2D eigenvalue weighted by atomic mass is 10.3. The molecular formula is C8H12N6. The summed E-state index contributed by atoms with van der Waals surface area (Å²) in [6.07, 6.45) is 1.60. The Morgan fingerprint density at radius 1 is 1.43 bits per heavy atom. The number of aromatic nitrogens is 4. The van der Waals surface area contributed by atoms with Crippen molar-refractivity contribution < 1.29 is 0 Å². The second-order valence-corrected chi connectivity index (χ2v) is 3.37. The molecule has 74 valence electrons. The highest BCUT2D eigenvalue weighted by molar-refractivity contribution is 5.73. The Bertz CT molecular complexity index is 446. The molecular weight excluding hydrogens is 180 g/mol. The van der Waals surface area contributed by atoms with E-state index < -0.39 is 0 Å². The number of aromatic amines is 1. The van der Waals surface area contributed by atoms with E-state index in [-0.39, 0.29) is 5.95 Å². The molecule has 0 aliphatic carbocycles. The average molecular weight is 192 g/mol. The maximum Gasteiger partial charge on any atom is 0.222 e. The van der Waals surface area contributed by atoms with Crippen LogP contribution in [0.25, 0.3) is 11.2 Å². The minimum atomic E-state index is 0.265. The number of anilines is 1. The van der Waals surface area contributed by atoms with Crippen molar-refractivity contribution in [1.82, 2.24) is 24.8 Å². The summed E-state index contributed by atoms with van der Waals surface area (Å²) in [5.41, 5.74) is 7.91. The van der Waals surface area contributed by atoms with Crippen LogP contribution in [0, 0.1) is 0 Å². The number of H-pyrrole nitrogens is 1. The standard InChI is InChI=1S/C8H12N6/c1-14(2)3-5-6-7(11-4-10-6)13-8(9)12-5/h4H,3H2,1-2H3,(H3,9,10,11,12,13). The zero-order valence-electron chi connectivity index (χ0n) is 8.15. The van der Waals surface area contributed by atoms with Gasteiger partial charge in [-0.2, -0.15) is 4.98 Å². The van der Waals surface area contributed by atoms with Gasteiger partial charge in [-0.1, -0.05) is 0 Å². The van der Waals surface area contributed by atoms with Crippen molar-refractivity contribution in [2.45, 2.75) is 6.54 Å². The fourth-order valence-corrected chi connectivity index (χ4v) is 1.33. The van der Waals surface area contributed by atoms with Gasteiger partial charge >= 0.3 is 0 Å². The van der Waals surface area contributed by atoms with E-state index in [2.05, 4.69) is 19.9 Å². The van der Waals surface area contributed by atoms with Crippen LogP contribution in [-0.2, 0) is 6.54 Å². The summed E-state index contributed by atoms with van der Waals surface area (Å²) < 4.78 is 0. The van der Waals surface area contributed by atoms with E-state index in [0.717, 1.165) is 11.2 Å². The van der Waals surface area contributed by atoms with Crippen LogP contribution in [0.5, 0.6) is 0 Å². The molecule has 2 aromatic heterocycles. The van der Waals surface area contributed by atoms with Crippen LogP contribution in [0.3, 0.4) is 0 Å². The third-order valence-electron chi connectivity index (χ3n) is 1.84. The number of nitrogens with two attached hydrogens (primary N) is 1. The van der Waals surface area contributed by atoms with Crippen molar-refractivity contribution in [2.75, 3.05) is 19.8 Å². The highest BCUT2D eigenvalue weighted by Crippen LogP contribution is 2.13. The summed E-state index contributed by atoms with van der Waals surface area (Å²) in [5, 5.41) is 0. The van der Waals surface area contributed by atoms with Gasteiger partial charge in [0.15, 0.2) is 5.65 Å². The maximum absolute atomic E-state index is 5.56. The summed E-state index contributed by atoms with van der Waals surface area (Å²) >= 11 is 0. The number of hydrogen-bond donors (Lipinski definition) is 2. The van der Waals surface area contributed by atoms with Crippen LogP contribution in [0.2, 0.25) is 0 Å². The van der Waals surface area contributed by atoms with Gasteiger partial charge in [0, 0.05) is 6.54 Å². The second-order valence-electron chi connectivity index (χ2n) is 3.37. The molecule has 6 heteroatoms. The lowest BCUT2D eigenvalue weighted by Gasteiger charge is -2.09. The molecule has 2 heterocycles. The van der Waals surface area contributed by atoms with Gasteiger partial charge < -0.3 is 15.6 Å². The van der Waals surface area contributed by atoms with E-state index in [1.54, 1.807) is 6.33 Å². The molecule has 0 aliphatic heterocycles. The van der Waals surface area contributed by atoms with E-state index in [1.165, 1.54) is 0 Å². The summed E-state index contributed by atoms with van der Waals surface area (Å²) in [6.45, 7) is 0.714. The van der Waals surface area contributed by atoms with Gasteiger partial charge in [0.25, 0.3) is 0 Å². The Morgan fingerprint density at radius 3 is 2.93 bits per heavy atom. The van der Waals surface area contributed by atoms with Crippen molar-refractivity contribution in [1.29, 1.82) is 0 Å². The van der Waals surface area contributed by atoms with E-state index in [0.29, 0.717) is 12.2 Å². The molecule has 0 bridgehead atoms. The van der Waals surface area contributed by atoms with Gasteiger partial charge in [-0.05, 0) is 14.1 Å². The number of fused-ring (bicyclic) bond motifs is 1. The minimum absolute atomic E-state index is 0.265. The SMILES string of the molecule is CN(C)Cc1nc(N)nc2nc[nH]c12. The Balaban J connectivity index is 2.55. The lowest BCUT2D eigenvalue weighted by molar-refractivity contribution is 0.398. The van der Waals surface area contributed by atoms with Crippen LogP contribution in [0.4, 0.5) is 5.95 Å². The predicted molar refractivity (Wildman–Crippen MR) is 53.5 cm³/mol. The molecule has 6 nitrogen and oxygen atoms in total. The summed E-state index contributed by atoms with van der Waals surface area (Å²) in [7, 11) is 3.95. The molecule has 0 atom stereocenters. The van der Waals surface area contributed by atoms with Gasteiger partial charge in [0.2, 0.25) is 5.95 Å². The molecule has 2 rings (SSSR count). The maximum atomic E-state index is 5.56. The highest BCUT2D eigenvalue weighted by Gasteiger charge is 2.08. The van der Waals surface area contributed by atoms with Crippen LogP contribution in [0.1, 0.15) is 5.69 Å². The van der Waals surface area contributed by atoms with Gasteiger partial charge in [-0.3, -0.25) is 0 Å². The van der Waals surface area contributed by atoms with E-state index in [1.807, 2.05) is 19.0 Å². The van der Waals surface area contributed by atoms with Gasteiger partial charge in [-0.15, -0.1) is 0 Å². The Morgan fingerprint density at radius 2 is 2.21 bits per heavy atom. The molecule has 2 aromatic rings. The normalized spacial score (nSPS) is 11.4. The summed E-state index contributed by atoms with van der Waals surface area (Å²) in [4.78, 5) is 17.2. The Kier molecular flexibility index (Phi) is 2.05. The molecule has 0 radical (unpaired) electrons. The van der Waals surface area contributed by atoms with Crippen molar-refractivity contribution in [3.63, 3.8) is 0 Å². The topological polar surface area (TPSA) is 83.7 Å². The largest absolute Gasteiger partial charge is 0.368 e. The first-order valence-corrected chi connectivity index (χ1v) is 4.27. The van der Waals surface area contributed by atoms with Crippen LogP contribution < -0.4 is 5.73 Å².